The van der Waals surface area contributed by atoms with Crippen LogP contribution in [-0.4, -0.2) is 27.2 Å². The summed E-state index contributed by atoms with van der Waals surface area (Å²) in [6, 6.07) is 9.68. The molecule has 9 heteroatoms. The van der Waals surface area contributed by atoms with Crippen molar-refractivity contribution in [3.63, 3.8) is 0 Å². The standard InChI is InChI=1S/C18H19Cl2NO5S/c1-3-25-18(22)9-5-12-4-7-17(15(10-12)21-27(2,23)24)26-16-8-6-13(19)11-14(16)20/h4,6-8,10-11,21H,3,5,9H2,1-2H3. The smallest absolute Gasteiger partial charge is 0.306 e. The van der Waals surface area contributed by atoms with Gasteiger partial charge in [0, 0.05) is 11.4 Å². The Morgan fingerprint density at radius 3 is 2.44 bits per heavy atom. The number of benzene rings is 2. The highest BCUT2D eigenvalue weighted by Gasteiger charge is 2.13. The summed E-state index contributed by atoms with van der Waals surface area (Å²) in [5, 5.41) is 0.746. The van der Waals surface area contributed by atoms with Gasteiger partial charge in [0.2, 0.25) is 10.0 Å². The molecule has 0 aromatic heterocycles. The summed E-state index contributed by atoms with van der Waals surface area (Å²) in [7, 11) is -3.54. The fourth-order valence-corrected chi connectivity index (χ4v) is 3.26. The first kappa shape index (κ1) is 21.3. The molecule has 0 saturated heterocycles. The SMILES string of the molecule is CCOC(=O)CCc1ccc(Oc2ccc(Cl)cc2Cl)c(NS(C)(=O)=O)c1. The molecule has 6 nitrogen and oxygen atoms in total. The first-order valence-electron chi connectivity index (χ1n) is 8.07. The number of hydrogen-bond acceptors (Lipinski definition) is 5. The van der Waals surface area contributed by atoms with Crippen molar-refractivity contribution < 1.29 is 22.7 Å². The van der Waals surface area contributed by atoms with E-state index in [1.165, 1.54) is 6.07 Å². The van der Waals surface area contributed by atoms with Gasteiger partial charge in [0.15, 0.2) is 5.75 Å². The summed E-state index contributed by atoms with van der Waals surface area (Å²) in [4.78, 5) is 11.5. The van der Waals surface area contributed by atoms with Crippen LogP contribution >= 0.6 is 23.2 Å². The van der Waals surface area contributed by atoms with E-state index in [9.17, 15) is 13.2 Å². The Kier molecular flexibility index (Phi) is 7.35. The van der Waals surface area contributed by atoms with Gasteiger partial charge in [-0.2, -0.15) is 0 Å². The Balaban J connectivity index is 2.28. The second kappa shape index (κ2) is 9.30. The molecule has 0 aliphatic heterocycles. The van der Waals surface area contributed by atoms with Crippen molar-refractivity contribution in [2.75, 3.05) is 17.6 Å². The van der Waals surface area contributed by atoms with Gasteiger partial charge in [0.25, 0.3) is 0 Å². The van der Waals surface area contributed by atoms with Gasteiger partial charge in [-0.05, 0) is 49.2 Å². The molecular weight excluding hydrogens is 413 g/mol. The molecule has 0 heterocycles. The molecule has 0 radical (unpaired) electrons. The lowest BCUT2D eigenvalue weighted by Gasteiger charge is -2.14. The number of hydrogen-bond donors (Lipinski definition) is 1. The Morgan fingerprint density at radius 1 is 1.11 bits per heavy atom. The minimum absolute atomic E-state index is 0.190. The van der Waals surface area contributed by atoms with E-state index in [1.807, 2.05) is 0 Å². The summed E-state index contributed by atoms with van der Waals surface area (Å²) in [5.41, 5.74) is 0.994. The first-order chi connectivity index (χ1) is 12.7. The van der Waals surface area contributed by atoms with Crippen molar-refractivity contribution in [1.82, 2.24) is 0 Å². The Bertz CT molecular complexity index is 931. The lowest BCUT2D eigenvalue weighted by atomic mass is 10.1. The molecule has 0 bridgehead atoms. The van der Waals surface area contributed by atoms with Gasteiger partial charge >= 0.3 is 5.97 Å². The maximum Gasteiger partial charge on any atom is 0.306 e. The molecule has 2 aromatic carbocycles. The minimum Gasteiger partial charge on any atom is -0.466 e. The molecule has 2 rings (SSSR count). The number of sulfonamides is 1. The zero-order chi connectivity index (χ0) is 20.0. The van der Waals surface area contributed by atoms with Crippen LogP contribution in [0, 0.1) is 0 Å². The van der Waals surface area contributed by atoms with Crippen LogP contribution < -0.4 is 9.46 Å². The van der Waals surface area contributed by atoms with Gasteiger partial charge in [-0.3, -0.25) is 9.52 Å². The number of aryl methyl sites for hydroxylation is 1. The molecule has 0 spiro atoms. The van der Waals surface area contributed by atoms with E-state index in [4.69, 9.17) is 32.7 Å². The fourth-order valence-electron chi connectivity index (χ4n) is 2.26. The molecular formula is C18H19Cl2NO5S. The zero-order valence-corrected chi connectivity index (χ0v) is 17.1. The summed E-state index contributed by atoms with van der Waals surface area (Å²) in [5.74, 6) is 0.282. The number of anilines is 1. The number of nitrogens with one attached hydrogen (secondary N) is 1. The highest BCUT2D eigenvalue weighted by Crippen LogP contribution is 2.36. The number of esters is 1. The highest BCUT2D eigenvalue weighted by molar-refractivity contribution is 7.92. The Morgan fingerprint density at radius 2 is 1.81 bits per heavy atom. The monoisotopic (exact) mass is 431 g/mol. The molecule has 0 aliphatic carbocycles. The van der Waals surface area contributed by atoms with E-state index in [-0.39, 0.29) is 23.8 Å². The van der Waals surface area contributed by atoms with Gasteiger partial charge in [-0.25, -0.2) is 8.42 Å². The fraction of sp³-hybridized carbons (Fsp3) is 0.278. The van der Waals surface area contributed by atoms with E-state index in [0.29, 0.717) is 28.8 Å². The average Bonchev–Trinajstić information content (AvgIpc) is 2.56. The molecule has 27 heavy (non-hydrogen) atoms. The number of halogens is 2. The van der Waals surface area contributed by atoms with Crippen molar-refractivity contribution in [1.29, 1.82) is 0 Å². The topological polar surface area (TPSA) is 81.7 Å². The molecule has 0 aliphatic rings. The average molecular weight is 432 g/mol. The number of carbonyl (C=O) groups excluding carboxylic acids is 1. The molecule has 0 amide bonds. The third-order valence-electron chi connectivity index (χ3n) is 3.38. The molecule has 0 fully saturated rings. The third kappa shape index (κ3) is 6.93. The Hall–Kier alpha value is -1.96. The maximum absolute atomic E-state index is 11.7. The Labute approximate surface area is 168 Å². The molecule has 146 valence electrons. The van der Waals surface area contributed by atoms with Gasteiger partial charge in [0.1, 0.15) is 5.75 Å². The van der Waals surface area contributed by atoms with E-state index in [2.05, 4.69) is 4.72 Å². The van der Waals surface area contributed by atoms with Crippen LogP contribution in [0.2, 0.25) is 10.0 Å². The maximum atomic E-state index is 11.7. The van der Waals surface area contributed by atoms with Crippen molar-refractivity contribution >= 4 is 44.9 Å². The first-order valence-corrected chi connectivity index (χ1v) is 10.7. The van der Waals surface area contributed by atoms with E-state index < -0.39 is 10.0 Å². The van der Waals surface area contributed by atoms with Crippen LogP contribution in [0.4, 0.5) is 5.69 Å². The lowest BCUT2D eigenvalue weighted by Crippen LogP contribution is -2.11. The largest absolute Gasteiger partial charge is 0.466 e. The van der Waals surface area contributed by atoms with E-state index in [1.54, 1.807) is 37.3 Å². The summed E-state index contributed by atoms with van der Waals surface area (Å²) >= 11 is 12.0. The van der Waals surface area contributed by atoms with Gasteiger partial charge < -0.3 is 9.47 Å². The van der Waals surface area contributed by atoms with Crippen molar-refractivity contribution in [3.8, 4) is 11.5 Å². The summed E-state index contributed by atoms with van der Waals surface area (Å²) < 4.78 is 36.5. The predicted molar refractivity (Wildman–Crippen MR) is 106 cm³/mol. The number of ether oxygens (including phenoxy) is 2. The van der Waals surface area contributed by atoms with Gasteiger partial charge in [-0.15, -0.1) is 0 Å². The quantitative estimate of drug-likeness (QED) is 0.614. The number of carbonyl (C=O) groups is 1. The minimum atomic E-state index is -3.54. The predicted octanol–water partition coefficient (Wildman–Crippen LogP) is 4.65. The molecule has 0 unspecified atom stereocenters. The van der Waals surface area contributed by atoms with Crippen LogP contribution in [0.1, 0.15) is 18.9 Å². The zero-order valence-electron chi connectivity index (χ0n) is 14.8. The van der Waals surface area contributed by atoms with Gasteiger partial charge in [0.05, 0.1) is 23.6 Å². The molecule has 0 saturated carbocycles. The highest BCUT2D eigenvalue weighted by atomic mass is 35.5. The summed E-state index contributed by atoms with van der Waals surface area (Å²) in [6.07, 6.45) is 1.63. The van der Waals surface area contributed by atoms with Crippen molar-refractivity contribution in [2.24, 2.45) is 0 Å². The van der Waals surface area contributed by atoms with Crippen LogP contribution in [0.5, 0.6) is 11.5 Å². The second-order valence-corrected chi connectivity index (χ2v) is 8.28. The molecule has 0 atom stereocenters. The van der Waals surface area contributed by atoms with Crippen molar-refractivity contribution in [2.45, 2.75) is 19.8 Å². The molecule has 2 aromatic rings. The van der Waals surface area contributed by atoms with Crippen LogP contribution in [0.25, 0.3) is 0 Å². The van der Waals surface area contributed by atoms with Crippen LogP contribution in [-0.2, 0) is 26.0 Å². The second-order valence-electron chi connectivity index (χ2n) is 5.69. The van der Waals surface area contributed by atoms with Crippen molar-refractivity contribution in [3.05, 3.63) is 52.0 Å². The van der Waals surface area contributed by atoms with Crippen LogP contribution in [0.15, 0.2) is 36.4 Å². The third-order valence-corrected chi connectivity index (χ3v) is 4.50. The van der Waals surface area contributed by atoms with E-state index in [0.717, 1.165) is 11.8 Å². The van der Waals surface area contributed by atoms with Gasteiger partial charge in [-0.1, -0.05) is 29.3 Å². The van der Waals surface area contributed by atoms with E-state index >= 15 is 0 Å². The normalized spacial score (nSPS) is 11.1. The molecule has 1 N–H and O–H groups in total. The lowest BCUT2D eigenvalue weighted by molar-refractivity contribution is -0.143. The van der Waals surface area contributed by atoms with Crippen LogP contribution in [0.3, 0.4) is 0 Å². The summed E-state index contributed by atoms with van der Waals surface area (Å²) in [6.45, 7) is 2.05. The number of rotatable bonds is 8.